The average molecular weight is 305 g/mol. The molecule has 0 aromatic carbocycles. The zero-order chi connectivity index (χ0) is 15.6. The van der Waals surface area contributed by atoms with E-state index in [0.717, 1.165) is 30.8 Å². The summed E-state index contributed by atoms with van der Waals surface area (Å²) in [5.74, 6) is 2.99. The van der Waals surface area contributed by atoms with E-state index in [9.17, 15) is 0 Å². The highest BCUT2D eigenvalue weighted by molar-refractivity contribution is 4.84. The molecule has 0 spiro atoms. The monoisotopic (exact) mass is 304 g/mol. The van der Waals surface area contributed by atoms with E-state index in [1.54, 1.807) is 0 Å². The Morgan fingerprint density at radius 2 is 1.55 bits per heavy atom. The highest BCUT2D eigenvalue weighted by Crippen LogP contribution is 2.41. The van der Waals surface area contributed by atoms with Crippen molar-refractivity contribution < 1.29 is 4.74 Å². The van der Waals surface area contributed by atoms with Crippen LogP contribution < -0.4 is 0 Å². The van der Waals surface area contributed by atoms with E-state index >= 15 is 0 Å². The molecule has 0 unspecified atom stereocenters. The fourth-order valence-electron chi connectivity index (χ4n) is 4.45. The van der Waals surface area contributed by atoms with Crippen LogP contribution in [0.2, 0.25) is 0 Å². The van der Waals surface area contributed by atoms with Gasteiger partial charge in [-0.3, -0.25) is 0 Å². The van der Waals surface area contributed by atoms with Crippen LogP contribution >= 0.6 is 0 Å². The Morgan fingerprint density at radius 1 is 0.909 bits per heavy atom. The maximum Gasteiger partial charge on any atom is 0.0651 e. The van der Waals surface area contributed by atoms with E-state index in [1.165, 1.54) is 64.2 Å². The van der Waals surface area contributed by atoms with Crippen LogP contribution in [0.3, 0.4) is 0 Å². The van der Waals surface area contributed by atoms with Gasteiger partial charge in [-0.1, -0.05) is 38.0 Å². The maximum absolute atomic E-state index is 5.99. The molecular weight excluding hydrogens is 268 g/mol. The van der Waals surface area contributed by atoms with Gasteiger partial charge in [-0.05, 0) is 75.5 Å². The molecular formula is C21H36O. The van der Waals surface area contributed by atoms with Crippen molar-refractivity contribution in [1.29, 1.82) is 0 Å². The molecule has 126 valence electrons. The van der Waals surface area contributed by atoms with Gasteiger partial charge in [0, 0.05) is 0 Å². The predicted molar refractivity (Wildman–Crippen MR) is 96.0 cm³/mol. The van der Waals surface area contributed by atoms with E-state index in [2.05, 4.69) is 31.7 Å². The van der Waals surface area contributed by atoms with Gasteiger partial charge in [-0.25, -0.2) is 0 Å². The summed E-state index contributed by atoms with van der Waals surface area (Å²) >= 11 is 0. The third-order valence-electron chi connectivity index (χ3n) is 5.89. The van der Waals surface area contributed by atoms with E-state index in [0.29, 0.717) is 6.10 Å². The second kappa shape index (κ2) is 10.3. The summed E-state index contributed by atoms with van der Waals surface area (Å²) < 4.78 is 5.99. The SMILES string of the molecule is C=CCCC1CCC(C2CCC(OCC=CCC)CC2)CC1. The molecule has 0 heterocycles. The van der Waals surface area contributed by atoms with Crippen molar-refractivity contribution in [2.45, 2.75) is 83.7 Å². The molecule has 2 rings (SSSR count). The third-order valence-corrected chi connectivity index (χ3v) is 5.89. The Bertz CT molecular complexity index is 317. The highest BCUT2D eigenvalue weighted by Gasteiger charge is 2.30. The topological polar surface area (TPSA) is 9.23 Å². The lowest BCUT2D eigenvalue weighted by Gasteiger charge is -2.37. The molecule has 0 atom stereocenters. The second-order valence-corrected chi connectivity index (χ2v) is 7.40. The molecule has 0 amide bonds. The molecule has 1 nitrogen and oxygen atoms in total. The van der Waals surface area contributed by atoms with Gasteiger partial charge < -0.3 is 4.74 Å². The predicted octanol–water partition coefficient (Wildman–Crippen LogP) is 6.30. The van der Waals surface area contributed by atoms with Gasteiger partial charge in [0.05, 0.1) is 12.7 Å². The summed E-state index contributed by atoms with van der Waals surface area (Å²) in [5.41, 5.74) is 0. The third kappa shape index (κ3) is 5.91. The fraction of sp³-hybridized carbons (Fsp3) is 0.810. The highest BCUT2D eigenvalue weighted by atomic mass is 16.5. The quantitative estimate of drug-likeness (QED) is 0.478. The smallest absolute Gasteiger partial charge is 0.0651 e. The first-order valence-corrected chi connectivity index (χ1v) is 9.71. The zero-order valence-corrected chi connectivity index (χ0v) is 14.6. The largest absolute Gasteiger partial charge is 0.374 e. The van der Waals surface area contributed by atoms with Gasteiger partial charge in [0.25, 0.3) is 0 Å². The minimum Gasteiger partial charge on any atom is -0.374 e. The Hall–Kier alpha value is -0.560. The van der Waals surface area contributed by atoms with E-state index in [4.69, 9.17) is 4.74 Å². The van der Waals surface area contributed by atoms with E-state index < -0.39 is 0 Å². The molecule has 2 fully saturated rings. The van der Waals surface area contributed by atoms with Crippen LogP contribution in [0, 0.1) is 17.8 Å². The summed E-state index contributed by atoms with van der Waals surface area (Å²) in [4.78, 5) is 0. The molecule has 0 aromatic rings. The normalized spacial score (nSPS) is 33.1. The Labute approximate surface area is 138 Å². The van der Waals surface area contributed by atoms with Gasteiger partial charge in [0.1, 0.15) is 0 Å². The van der Waals surface area contributed by atoms with Gasteiger partial charge in [-0.15, -0.1) is 6.58 Å². The number of hydrogen-bond donors (Lipinski definition) is 0. The minimum atomic E-state index is 0.529. The summed E-state index contributed by atoms with van der Waals surface area (Å²) in [5, 5.41) is 0. The van der Waals surface area contributed by atoms with Crippen LogP contribution in [-0.4, -0.2) is 12.7 Å². The van der Waals surface area contributed by atoms with E-state index in [1.807, 2.05) is 0 Å². The van der Waals surface area contributed by atoms with Crippen molar-refractivity contribution in [3.05, 3.63) is 24.8 Å². The summed E-state index contributed by atoms with van der Waals surface area (Å²) in [6.45, 7) is 6.85. The lowest BCUT2D eigenvalue weighted by atomic mass is 9.70. The van der Waals surface area contributed by atoms with Crippen LogP contribution in [0.15, 0.2) is 24.8 Å². The molecule has 2 aliphatic carbocycles. The van der Waals surface area contributed by atoms with Crippen molar-refractivity contribution >= 4 is 0 Å². The number of ether oxygens (including phenoxy) is 1. The second-order valence-electron chi connectivity index (χ2n) is 7.40. The van der Waals surface area contributed by atoms with Gasteiger partial charge in [0.2, 0.25) is 0 Å². The van der Waals surface area contributed by atoms with Crippen molar-refractivity contribution in [1.82, 2.24) is 0 Å². The standard InChI is InChI=1S/C21H36O/c1-3-5-7-17-22-21-15-13-20(14-16-21)19-11-9-18(10-12-19)8-6-4-2/h4-5,7,18-21H,2-3,6,8-17H2,1H3. The molecule has 0 radical (unpaired) electrons. The Balaban J connectivity index is 1.61. The molecule has 2 aliphatic rings. The number of rotatable bonds is 8. The van der Waals surface area contributed by atoms with Gasteiger partial charge >= 0.3 is 0 Å². The summed E-state index contributed by atoms with van der Waals surface area (Å²) in [7, 11) is 0. The molecule has 0 N–H and O–H groups in total. The van der Waals surface area contributed by atoms with Crippen molar-refractivity contribution in [3.63, 3.8) is 0 Å². The van der Waals surface area contributed by atoms with Crippen molar-refractivity contribution in [2.24, 2.45) is 17.8 Å². The number of hydrogen-bond acceptors (Lipinski definition) is 1. The van der Waals surface area contributed by atoms with E-state index in [-0.39, 0.29) is 0 Å². The Kier molecular flexibility index (Phi) is 8.30. The lowest BCUT2D eigenvalue weighted by molar-refractivity contribution is 0.0210. The maximum atomic E-state index is 5.99. The molecule has 0 bridgehead atoms. The van der Waals surface area contributed by atoms with Crippen LogP contribution in [0.5, 0.6) is 0 Å². The molecule has 0 saturated heterocycles. The van der Waals surface area contributed by atoms with Crippen LogP contribution in [0.1, 0.15) is 77.6 Å². The minimum absolute atomic E-state index is 0.529. The first-order valence-electron chi connectivity index (χ1n) is 9.71. The van der Waals surface area contributed by atoms with Crippen molar-refractivity contribution in [2.75, 3.05) is 6.61 Å². The van der Waals surface area contributed by atoms with Crippen molar-refractivity contribution in [3.8, 4) is 0 Å². The van der Waals surface area contributed by atoms with Crippen LogP contribution in [0.4, 0.5) is 0 Å². The lowest BCUT2D eigenvalue weighted by Crippen LogP contribution is -2.28. The van der Waals surface area contributed by atoms with Crippen LogP contribution in [0.25, 0.3) is 0 Å². The van der Waals surface area contributed by atoms with Crippen LogP contribution in [-0.2, 0) is 4.74 Å². The summed E-state index contributed by atoms with van der Waals surface area (Å²) in [6.07, 6.45) is 22.0. The molecule has 0 aromatic heterocycles. The molecule has 22 heavy (non-hydrogen) atoms. The summed E-state index contributed by atoms with van der Waals surface area (Å²) in [6, 6.07) is 0. The fourth-order valence-corrected chi connectivity index (χ4v) is 4.45. The first-order chi connectivity index (χ1) is 10.8. The van der Waals surface area contributed by atoms with Gasteiger partial charge in [0.15, 0.2) is 0 Å². The van der Waals surface area contributed by atoms with Gasteiger partial charge in [-0.2, -0.15) is 0 Å². The first kappa shape index (κ1) is 17.8. The molecule has 0 aliphatic heterocycles. The molecule has 2 saturated carbocycles. The molecule has 1 heteroatoms. The average Bonchev–Trinajstić information content (AvgIpc) is 2.58. The number of allylic oxidation sites excluding steroid dienone is 2. The zero-order valence-electron chi connectivity index (χ0n) is 14.6. The Morgan fingerprint density at radius 3 is 2.14 bits per heavy atom.